The van der Waals surface area contributed by atoms with Gasteiger partial charge in [0, 0.05) is 13.1 Å². The Hall–Kier alpha value is -2.44. The van der Waals surface area contributed by atoms with Crippen LogP contribution in [0, 0.1) is 6.92 Å². The molecule has 148 valence electrons. The van der Waals surface area contributed by atoms with Gasteiger partial charge in [0.15, 0.2) is 0 Å². The molecule has 0 fully saturated rings. The van der Waals surface area contributed by atoms with E-state index in [0.717, 1.165) is 30.1 Å². The Kier molecular flexibility index (Phi) is 7.01. The van der Waals surface area contributed by atoms with E-state index in [1.165, 1.54) is 5.56 Å². The number of oxazole rings is 1. The van der Waals surface area contributed by atoms with Gasteiger partial charge in [-0.15, -0.1) is 11.3 Å². The number of carbonyl (C=O) groups excluding carboxylic acids is 1. The molecule has 0 aliphatic rings. The molecule has 28 heavy (non-hydrogen) atoms. The minimum atomic E-state index is -0.0493. The molecule has 1 amide bonds. The number of rotatable bonds is 9. The van der Waals surface area contributed by atoms with Crippen molar-refractivity contribution in [3.05, 3.63) is 64.4 Å². The van der Waals surface area contributed by atoms with Gasteiger partial charge in [-0.25, -0.2) is 4.98 Å². The van der Waals surface area contributed by atoms with E-state index < -0.39 is 0 Å². The number of hydrogen-bond donors (Lipinski definition) is 1. The van der Waals surface area contributed by atoms with Crippen LogP contribution in [0.3, 0.4) is 0 Å². The number of carbonyl (C=O) groups is 1. The summed E-state index contributed by atoms with van der Waals surface area (Å²) in [7, 11) is 0. The molecule has 1 N–H and O–H groups in total. The van der Waals surface area contributed by atoms with Gasteiger partial charge in [0.25, 0.3) is 0 Å². The van der Waals surface area contributed by atoms with Crippen molar-refractivity contribution in [2.75, 3.05) is 13.1 Å². The van der Waals surface area contributed by atoms with Crippen LogP contribution in [-0.2, 0) is 24.3 Å². The van der Waals surface area contributed by atoms with Gasteiger partial charge < -0.3 is 9.73 Å². The monoisotopic (exact) mass is 397 g/mol. The molecule has 1 aromatic carbocycles. The third-order valence-electron chi connectivity index (χ3n) is 4.84. The zero-order valence-electron chi connectivity index (χ0n) is 16.7. The topological polar surface area (TPSA) is 58.4 Å². The molecule has 3 rings (SSSR count). The zero-order chi connectivity index (χ0) is 19.9. The molecule has 3 aromatic rings. The first-order chi connectivity index (χ1) is 13.6. The number of amides is 1. The van der Waals surface area contributed by atoms with E-state index >= 15 is 0 Å². The van der Waals surface area contributed by atoms with E-state index in [0.29, 0.717) is 23.9 Å². The minimum absolute atomic E-state index is 0.0493. The molecule has 0 unspecified atom stereocenters. The maximum Gasteiger partial charge on any atom is 0.236 e. The molecule has 0 aliphatic heterocycles. The molecule has 0 bridgehead atoms. The number of hydrogen-bond acceptors (Lipinski definition) is 5. The Morgan fingerprint density at radius 1 is 1.14 bits per heavy atom. The van der Waals surface area contributed by atoms with Crippen LogP contribution in [0.1, 0.15) is 36.4 Å². The molecule has 0 radical (unpaired) electrons. The van der Waals surface area contributed by atoms with Crippen LogP contribution in [0.4, 0.5) is 0 Å². The summed E-state index contributed by atoms with van der Waals surface area (Å²) in [5, 5.41) is 5.01. The molecule has 2 heterocycles. The summed E-state index contributed by atoms with van der Waals surface area (Å²) in [6, 6.07) is 12.2. The average molecular weight is 398 g/mol. The van der Waals surface area contributed by atoms with E-state index in [2.05, 4.69) is 47.2 Å². The first-order valence-corrected chi connectivity index (χ1v) is 10.5. The van der Waals surface area contributed by atoms with Crippen molar-refractivity contribution in [2.45, 2.75) is 40.3 Å². The van der Waals surface area contributed by atoms with Crippen LogP contribution in [-0.4, -0.2) is 28.9 Å². The van der Waals surface area contributed by atoms with Gasteiger partial charge in [-0.2, -0.15) is 0 Å². The molecule has 0 spiro atoms. The van der Waals surface area contributed by atoms with Crippen molar-refractivity contribution < 1.29 is 9.21 Å². The quantitative estimate of drug-likeness (QED) is 0.581. The molecule has 0 aliphatic carbocycles. The maximum atomic E-state index is 12.5. The van der Waals surface area contributed by atoms with Crippen molar-refractivity contribution in [1.29, 1.82) is 0 Å². The lowest BCUT2D eigenvalue weighted by Gasteiger charge is -2.20. The first kappa shape index (κ1) is 20.3. The van der Waals surface area contributed by atoms with E-state index in [9.17, 15) is 4.79 Å². The van der Waals surface area contributed by atoms with E-state index in [4.69, 9.17) is 4.42 Å². The van der Waals surface area contributed by atoms with Gasteiger partial charge >= 0.3 is 0 Å². The van der Waals surface area contributed by atoms with Crippen LogP contribution in [0.5, 0.6) is 0 Å². The Labute approximate surface area is 170 Å². The van der Waals surface area contributed by atoms with Crippen LogP contribution in [0.15, 0.2) is 46.2 Å². The third-order valence-corrected chi connectivity index (χ3v) is 5.69. The second-order valence-corrected chi connectivity index (χ2v) is 7.63. The summed E-state index contributed by atoms with van der Waals surface area (Å²) in [4.78, 5) is 20.3. The second-order valence-electron chi connectivity index (χ2n) is 6.68. The SMILES string of the molecule is CCN(CC)Cc1ccccc1CNC(=O)Cc1nc(-c2cccs2)oc1C. The summed E-state index contributed by atoms with van der Waals surface area (Å²) >= 11 is 1.57. The number of benzene rings is 1. The van der Waals surface area contributed by atoms with Crippen molar-refractivity contribution >= 4 is 17.2 Å². The van der Waals surface area contributed by atoms with Crippen LogP contribution in [0.25, 0.3) is 10.8 Å². The van der Waals surface area contributed by atoms with Crippen molar-refractivity contribution in [2.24, 2.45) is 0 Å². The van der Waals surface area contributed by atoms with Gasteiger partial charge in [0.1, 0.15) is 5.76 Å². The van der Waals surface area contributed by atoms with Gasteiger partial charge in [-0.3, -0.25) is 9.69 Å². The Morgan fingerprint density at radius 3 is 2.57 bits per heavy atom. The molecule has 5 nitrogen and oxygen atoms in total. The van der Waals surface area contributed by atoms with Gasteiger partial charge in [0.05, 0.1) is 17.0 Å². The Balaban J connectivity index is 1.61. The summed E-state index contributed by atoms with van der Waals surface area (Å²) in [5.41, 5.74) is 3.10. The molecule has 0 saturated heterocycles. The number of nitrogens with zero attached hydrogens (tertiary/aromatic N) is 2. The fourth-order valence-corrected chi connectivity index (χ4v) is 3.73. The molecule has 6 heteroatoms. The second kappa shape index (κ2) is 9.66. The highest BCUT2D eigenvalue weighted by Crippen LogP contribution is 2.26. The zero-order valence-corrected chi connectivity index (χ0v) is 17.5. The predicted molar refractivity (Wildman–Crippen MR) is 113 cm³/mol. The van der Waals surface area contributed by atoms with Crippen molar-refractivity contribution in [1.82, 2.24) is 15.2 Å². The normalized spacial score (nSPS) is 11.1. The standard InChI is InChI=1S/C22H27N3O2S/c1-4-25(5-2)15-18-10-7-6-9-17(18)14-23-21(26)13-19-16(3)27-22(24-19)20-11-8-12-28-20/h6-12H,4-5,13-15H2,1-3H3,(H,23,26). The van der Waals surface area contributed by atoms with Gasteiger partial charge in [-0.05, 0) is 42.6 Å². The van der Waals surface area contributed by atoms with Gasteiger partial charge in [0.2, 0.25) is 11.8 Å². The molecular weight excluding hydrogens is 370 g/mol. The lowest BCUT2D eigenvalue weighted by Crippen LogP contribution is -2.27. The summed E-state index contributed by atoms with van der Waals surface area (Å²) in [6.07, 6.45) is 0.221. The molecule has 0 saturated carbocycles. The molecule has 2 aromatic heterocycles. The smallest absolute Gasteiger partial charge is 0.236 e. The largest absolute Gasteiger partial charge is 0.440 e. The number of aryl methyl sites for hydroxylation is 1. The van der Waals surface area contributed by atoms with Crippen molar-refractivity contribution in [3.63, 3.8) is 0 Å². The average Bonchev–Trinajstić information content (AvgIpc) is 3.35. The molecular formula is C22H27N3O2S. The molecule has 0 atom stereocenters. The number of thiophene rings is 1. The van der Waals surface area contributed by atoms with Crippen LogP contribution in [0.2, 0.25) is 0 Å². The lowest BCUT2D eigenvalue weighted by atomic mass is 10.1. The Morgan fingerprint density at radius 2 is 1.89 bits per heavy atom. The van der Waals surface area contributed by atoms with Gasteiger partial charge in [-0.1, -0.05) is 44.2 Å². The Bertz CT molecular complexity index is 898. The fraction of sp³-hybridized carbons (Fsp3) is 0.364. The minimum Gasteiger partial charge on any atom is -0.440 e. The van der Waals surface area contributed by atoms with E-state index in [1.54, 1.807) is 11.3 Å². The highest BCUT2D eigenvalue weighted by molar-refractivity contribution is 7.13. The van der Waals surface area contributed by atoms with Crippen LogP contribution >= 0.6 is 11.3 Å². The predicted octanol–water partition coefficient (Wildman–Crippen LogP) is 4.41. The van der Waals surface area contributed by atoms with Crippen LogP contribution < -0.4 is 5.32 Å². The first-order valence-electron chi connectivity index (χ1n) is 9.66. The maximum absolute atomic E-state index is 12.5. The van der Waals surface area contributed by atoms with Crippen molar-refractivity contribution in [3.8, 4) is 10.8 Å². The lowest BCUT2D eigenvalue weighted by molar-refractivity contribution is -0.120. The fourth-order valence-electron chi connectivity index (χ4n) is 3.08. The highest BCUT2D eigenvalue weighted by Gasteiger charge is 2.15. The third kappa shape index (κ3) is 5.09. The summed E-state index contributed by atoms with van der Waals surface area (Å²) in [6.45, 7) is 9.62. The highest BCUT2D eigenvalue weighted by atomic mass is 32.1. The van der Waals surface area contributed by atoms with E-state index in [-0.39, 0.29) is 12.3 Å². The number of aromatic nitrogens is 1. The summed E-state index contributed by atoms with van der Waals surface area (Å²) < 4.78 is 5.72. The number of nitrogens with one attached hydrogen (secondary N) is 1. The summed E-state index contributed by atoms with van der Waals surface area (Å²) in [5.74, 6) is 1.23. The van der Waals surface area contributed by atoms with E-state index in [1.807, 2.05) is 30.5 Å².